The Hall–Kier alpha value is -2.41. The number of allylic oxidation sites excluding steroid dienone is 4. The zero-order valence-electron chi connectivity index (χ0n) is 14.2. The molecular weight excluding hydrogens is 341 g/mol. The van der Waals surface area contributed by atoms with E-state index in [4.69, 9.17) is 4.74 Å². The summed E-state index contributed by atoms with van der Waals surface area (Å²) in [6.45, 7) is 7.81. The van der Waals surface area contributed by atoms with E-state index in [9.17, 15) is 9.18 Å². The van der Waals surface area contributed by atoms with Crippen molar-refractivity contribution in [1.29, 1.82) is 0 Å². The lowest BCUT2D eigenvalue weighted by molar-refractivity contribution is -0.105. The standard InChI is InChI=1S/C18H20FN3O2S/c1-4-6-15(16(19)13-9-12(3)20-10-13)24-17-14(5-2)18(22-11-21-17)25-8-7-23/h4,6-7,9,11,20H,1,5,8,10H2,2-3H3/b15-6+,16-13+. The van der Waals surface area contributed by atoms with E-state index in [-0.39, 0.29) is 17.4 Å². The lowest BCUT2D eigenvalue weighted by Crippen LogP contribution is -2.08. The van der Waals surface area contributed by atoms with Crippen LogP contribution in [0.3, 0.4) is 0 Å². The molecule has 25 heavy (non-hydrogen) atoms. The number of thioether (sulfide) groups is 1. The number of carbonyl (C=O) groups excluding carboxylic acids is 1. The van der Waals surface area contributed by atoms with Crippen LogP contribution in [0.1, 0.15) is 19.4 Å². The van der Waals surface area contributed by atoms with Crippen molar-refractivity contribution < 1.29 is 13.9 Å². The number of nitrogens with zero attached hydrogens (tertiary/aromatic N) is 2. The van der Waals surface area contributed by atoms with E-state index in [0.29, 0.717) is 23.6 Å². The summed E-state index contributed by atoms with van der Waals surface area (Å²) >= 11 is 1.30. The van der Waals surface area contributed by atoms with Crippen LogP contribution in [0.4, 0.5) is 4.39 Å². The molecule has 1 aliphatic heterocycles. The third-order valence-electron chi connectivity index (χ3n) is 3.43. The molecule has 0 saturated heterocycles. The maximum absolute atomic E-state index is 14.8. The van der Waals surface area contributed by atoms with Crippen LogP contribution in [-0.2, 0) is 11.2 Å². The van der Waals surface area contributed by atoms with Crippen LogP contribution in [0.15, 0.2) is 59.0 Å². The monoisotopic (exact) mass is 361 g/mol. The maximum Gasteiger partial charge on any atom is 0.226 e. The molecule has 1 aromatic heterocycles. The Morgan fingerprint density at radius 1 is 1.52 bits per heavy atom. The Labute approximate surface area is 150 Å². The summed E-state index contributed by atoms with van der Waals surface area (Å²) < 4.78 is 20.6. The van der Waals surface area contributed by atoms with Crippen LogP contribution in [0, 0.1) is 0 Å². The summed E-state index contributed by atoms with van der Waals surface area (Å²) in [7, 11) is 0. The fourth-order valence-corrected chi connectivity index (χ4v) is 3.02. The van der Waals surface area contributed by atoms with Gasteiger partial charge in [-0.1, -0.05) is 31.3 Å². The average molecular weight is 361 g/mol. The summed E-state index contributed by atoms with van der Waals surface area (Å²) in [5.41, 5.74) is 2.14. The van der Waals surface area contributed by atoms with Gasteiger partial charge >= 0.3 is 0 Å². The molecule has 0 spiro atoms. The van der Waals surface area contributed by atoms with Crippen molar-refractivity contribution in [2.75, 3.05) is 12.3 Å². The zero-order chi connectivity index (χ0) is 18.2. The first-order valence-electron chi connectivity index (χ1n) is 7.82. The van der Waals surface area contributed by atoms with E-state index < -0.39 is 5.83 Å². The van der Waals surface area contributed by atoms with Gasteiger partial charge in [0.1, 0.15) is 17.6 Å². The highest BCUT2D eigenvalue weighted by molar-refractivity contribution is 7.99. The molecule has 2 rings (SSSR count). The molecule has 0 aromatic carbocycles. The number of aromatic nitrogens is 2. The second-order valence-electron chi connectivity index (χ2n) is 5.18. The minimum absolute atomic E-state index is 0.0393. The average Bonchev–Trinajstić information content (AvgIpc) is 3.05. The van der Waals surface area contributed by atoms with E-state index in [0.717, 1.165) is 17.5 Å². The first-order valence-corrected chi connectivity index (χ1v) is 8.81. The fourth-order valence-electron chi connectivity index (χ4n) is 2.27. The van der Waals surface area contributed by atoms with Gasteiger partial charge in [0.05, 0.1) is 5.75 Å². The van der Waals surface area contributed by atoms with Crippen molar-refractivity contribution in [1.82, 2.24) is 15.3 Å². The summed E-state index contributed by atoms with van der Waals surface area (Å²) in [6.07, 6.45) is 7.41. The highest BCUT2D eigenvalue weighted by Gasteiger charge is 2.19. The molecule has 0 atom stereocenters. The molecule has 0 unspecified atom stereocenters. The minimum atomic E-state index is -0.466. The number of hydrogen-bond acceptors (Lipinski definition) is 6. The van der Waals surface area contributed by atoms with E-state index >= 15 is 0 Å². The van der Waals surface area contributed by atoms with E-state index in [2.05, 4.69) is 21.9 Å². The van der Waals surface area contributed by atoms with Gasteiger partial charge in [0.15, 0.2) is 11.6 Å². The van der Waals surface area contributed by atoms with Crippen LogP contribution in [-0.4, -0.2) is 28.6 Å². The Kier molecular flexibility index (Phi) is 6.94. The highest BCUT2D eigenvalue weighted by atomic mass is 32.2. The van der Waals surface area contributed by atoms with Gasteiger partial charge in [0.2, 0.25) is 5.88 Å². The third kappa shape index (κ3) is 4.79. The Bertz CT molecular complexity index is 757. The Balaban J connectivity index is 2.36. The molecule has 5 nitrogen and oxygen atoms in total. The van der Waals surface area contributed by atoms with Crippen LogP contribution in [0.25, 0.3) is 0 Å². The van der Waals surface area contributed by atoms with E-state index in [1.165, 1.54) is 30.2 Å². The predicted octanol–water partition coefficient (Wildman–Crippen LogP) is 3.51. The molecule has 0 bridgehead atoms. The molecule has 2 heterocycles. The Morgan fingerprint density at radius 3 is 2.92 bits per heavy atom. The number of halogens is 1. The predicted molar refractivity (Wildman–Crippen MR) is 97.0 cm³/mol. The lowest BCUT2D eigenvalue weighted by Gasteiger charge is -2.13. The van der Waals surface area contributed by atoms with Gasteiger partial charge < -0.3 is 14.8 Å². The van der Waals surface area contributed by atoms with E-state index in [1.54, 1.807) is 6.08 Å². The van der Waals surface area contributed by atoms with Gasteiger partial charge in [0, 0.05) is 23.4 Å². The number of nitrogens with one attached hydrogen (secondary N) is 1. The van der Waals surface area contributed by atoms with Crippen molar-refractivity contribution in [3.8, 4) is 5.88 Å². The Morgan fingerprint density at radius 2 is 2.32 bits per heavy atom. The maximum atomic E-state index is 14.8. The normalized spacial score (nSPS) is 16.1. The molecule has 0 radical (unpaired) electrons. The summed E-state index contributed by atoms with van der Waals surface area (Å²) in [4.78, 5) is 18.9. The first-order chi connectivity index (χ1) is 12.1. The number of hydrogen-bond donors (Lipinski definition) is 1. The van der Waals surface area contributed by atoms with E-state index in [1.807, 2.05) is 13.8 Å². The summed E-state index contributed by atoms with van der Waals surface area (Å²) in [5.74, 6) is 0.137. The summed E-state index contributed by atoms with van der Waals surface area (Å²) in [6, 6.07) is 0. The zero-order valence-corrected chi connectivity index (χ0v) is 15.0. The molecule has 1 aromatic rings. The molecule has 7 heteroatoms. The van der Waals surface area contributed by atoms with Gasteiger partial charge in [-0.05, 0) is 25.5 Å². The largest absolute Gasteiger partial charge is 0.435 e. The minimum Gasteiger partial charge on any atom is -0.435 e. The van der Waals surface area contributed by atoms with Gasteiger partial charge in [-0.15, -0.1) is 0 Å². The quantitative estimate of drug-likeness (QED) is 0.251. The lowest BCUT2D eigenvalue weighted by atomic mass is 10.2. The van der Waals surface area contributed by atoms with Crippen molar-refractivity contribution >= 4 is 18.0 Å². The third-order valence-corrected chi connectivity index (χ3v) is 4.36. The number of rotatable bonds is 8. The van der Waals surface area contributed by atoms with Gasteiger partial charge in [0.25, 0.3) is 0 Å². The number of aldehydes is 1. The molecule has 0 saturated carbocycles. The molecule has 132 valence electrons. The van der Waals surface area contributed by atoms with Crippen LogP contribution in [0.5, 0.6) is 5.88 Å². The summed E-state index contributed by atoms with van der Waals surface area (Å²) in [5, 5.41) is 3.72. The molecule has 0 aliphatic carbocycles. The van der Waals surface area contributed by atoms with Gasteiger partial charge in [-0.25, -0.2) is 14.4 Å². The van der Waals surface area contributed by atoms with Crippen molar-refractivity contribution in [2.24, 2.45) is 0 Å². The smallest absolute Gasteiger partial charge is 0.226 e. The number of carbonyl (C=O) groups is 1. The van der Waals surface area contributed by atoms with Crippen LogP contribution < -0.4 is 10.1 Å². The van der Waals surface area contributed by atoms with Crippen LogP contribution >= 0.6 is 11.8 Å². The molecular formula is C18H20FN3O2S. The second-order valence-corrected chi connectivity index (χ2v) is 6.19. The molecule has 0 amide bonds. The second kappa shape index (κ2) is 9.17. The molecule has 1 aliphatic rings. The molecule has 0 fully saturated rings. The van der Waals surface area contributed by atoms with Crippen LogP contribution in [0.2, 0.25) is 0 Å². The fraction of sp³-hybridized carbons (Fsp3) is 0.278. The van der Waals surface area contributed by atoms with Crippen molar-refractivity contribution in [2.45, 2.75) is 25.3 Å². The SMILES string of the molecule is C=C/C=C(Oc1ncnc(SCC=O)c1CC)\C(F)=C1\C=C(C)NC1. The van der Waals surface area contributed by atoms with Gasteiger partial charge in [-0.3, -0.25) is 0 Å². The van der Waals surface area contributed by atoms with Crippen molar-refractivity contribution in [3.05, 3.63) is 59.6 Å². The first kappa shape index (κ1) is 18.9. The van der Waals surface area contributed by atoms with Crippen molar-refractivity contribution in [3.63, 3.8) is 0 Å². The van der Waals surface area contributed by atoms with Gasteiger partial charge in [-0.2, -0.15) is 0 Å². The highest BCUT2D eigenvalue weighted by Crippen LogP contribution is 2.30. The molecule has 1 N–H and O–H groups in total. The number of ether oxygens (including phenoxy) is 1. The topological polar surface area (TPSA) is 64.1 Å².